The predicted molar refractivity (Wildman–Crippen MR) is 90.5 cm³/mol. The molecule has 2 aliphatic heterocycles. The van der Waals surface area contributed by atoms with Gasteiger partial charge in [-0.2, -0.15) is 17.0 Å². The number of carbonyl (C=O) groups excluding carboxylic acids is 1. The maximum absolute atomic E-state index is 13.8. The number of halogens is 4. The summed E-state index contributed by atoms with van der Waals surface area (Å²) >= 11 is 0. The zero-order chi connectivity index (χ0) is 20.5. The minimum absolute atomic E-state index is 0.0393. The SMILES string of the molecule is O=C(Nc1c(F)c(F)cc(F)c1F)[C@@H]1CCCN(S(=O)(=O)N2CCOCC2)C1. The van der Waals surface area contributed by atoms with E-state index in [1.54, 1.807) is 0 Å². The van der Waals surface area contributed by atoms with Gasteiger partial charge in [-0.25, -0.2) is 17.6 Å². The molecule has 1 amide bonds. The summed E-state index contributed by atoms with van der Waals surface area (Å²) in [5.74, 6) is -8.56. The Hall–Kier alpha value is -1.76. The van der Waals surface area contributed by atoms with Crippen molar-refractivity contribution in [3.8, 4) is 0 Å². The molecule has 28 heavy (non-hydrogen) atoms. The zero-order valence-corrected chi connectivity index (χ0v) is 15.6. The molecule has 7 nitrogen and oxygen atoms in total. The second kappa shape index (κ2) is 8.31. The average Bonchev–Trinajstić information content (AvgIpc) is 2.70. The number of nitrogens with zero attached hydrogens (tertiary/aromatic N) is 2. The molecule has 1 aromatic carbocycles. The predicted octanol–water partition coefficient (Wildman–Crippen LogP) is 1.47. The molecule has 1 N–H and O–H groups in total. The van der Waals surface area contributed by atoms with E-state index in [-0.39, 0.29) is 51.9 Å². The van der Waals surface area contributed by atoms with E-state index < -0.39 is 51.0 Å². The third-order valence-electron chi connectivity index (χ3n) is 4.74. The fourth-order valence-corrected chi connectivity index (χ4v) is 4.88. The van der Waals surface area contributed by atoms with E-state index in [1.807, 2.05) is 5.32 Å². The van der Waals surface area contributed by atoms with Crippen molar-refractivity contribution in [2.24, 2.45) is 5.92 Å². The Bertz CT molecular complexity index is 836. The van der Waals surface area contributed by atoms with Gasteiger partial charge in [0.1, 0.15) is 5.69 Å². The number of anilines is 1. The molecule has 156 valence electrons. The molecule has 0 saturated carbocycles. The van der Waals surface area contributed by atoms with Gasteiger partial charge in [0, 0.05) is 32.2 Å². The number of ether oxygens (including phenoxy) is 1. The van der Waals surface area contributed by atoms with Crippen LogP contribution in [0, 0.1) is 29.2 Å². The van der Waals surface area contributed by atoms with Crippen molar-refractivity contribution in [3.63, 3.8) is 0 Å². The summed E-state index contributed by atoms with van der Waals surface area (Å²) in [5, 5.41) is 1.86. The Labute approximate surface area is 159 Å². The van der Waals surface area contributed by atoms with Crippen LogP contribution in [0.5, 0.6) is 0 Å². The van der Waals surface area contributed by atoms with E-state index in [2.05, 4.69) is 0 Å². The van der Waals surface area contributed by atoms with E-state index in [0.29, 0.717) is 6.42 Å². The van der Waals surface area contributed by atoms with Crippen molar-refractivity contribution in [3.05, 3.63) is 29.3 Å². The van der Waals surface area contributed by atoms with Gasteiger partial charge in [0.05, 0.1) is 19.1 Å². The second-order valence-corrected chi connectivity index (χ2v) is 8.48. The second-order valence-electron chi connectivity index (χ2n) is 6.55. The minimum atomic E-state index is -3.82. The fraction of sp³-hybridized carbons (Fsp3) is 0.562. The van der Waals surface area contributed by atoms with Gasteiger partial charge in [-0.3, -0.25) is 4.79 Å². The third kappa shape index (κ3) is 4.14. The standard InChI is InChI=1S/C16H19F4N3O4S/c17-11-8-12(18)14(20)15(13(11)19)21-16(24)10-2-1-3-23(9-10)28(25,26)22-4-6-27-7-5-22/h8,10H,1-7,9H2,(H,21,24)/t10-/m1/s1. The Morgan fingerprint density at radius 1 is 1.04 bits per heavy atom. The minimum Gasteiger partial charge on any atom is -0.379 e. The molecule has 1 aromatic rings. The van der Waals surface area contributed by atoms with Gasteiger partial charge < -0.3 is 10.1 Å². The molecule has 0 radical (unpaired) electrons. The summed E-state index contributed by atoms with van der Waals surface area (Å²) in [6.45, 7) is 0.901. The molecule has 0 aliphatic carbocycles. The molecular weight excluding hydrogens is 406 g/mol. The zero-order valence-electron chi connectivity index (χ0n) is 14.8. The molecule has 0 bridgehead atoms. The molecule has 2 heterocycles. The van der Waals surface area contributed by atoms with Gasteiger partial charge in [-0.05, 0) is 12.8 Å². The van der Waals surface area contributed by atoms with Crippen LogP contribution in [0.2, 0.25) is 0 Å². The molecule has 3 rings (SSSR count). The molecular formula is C16H19F4N3O4S. The molecule has 2 aliphatic rings. The first-order valence-corrected chi connectivity index (χ1v) is 10.1. The van der Waals surface area contributed by atoms with Crippen LogP contribution in [-0.4, -0.2) is 62.3 Å². The van der Waals surface area contributed by atoms with E-state index in [0.717, 1.165) is 4.31 Å². The molecule has 1 atom stereocenters. The van der Waals surface area contributed by atoms with Gasteiger partial charge in [-0.15, -0.1) is 0 Å². The van der Waals surface area contributed by atoms with Gasteiger partial charge >= 0.3 is 0 Å². The van der Waals surface area contributed by atoms with Crippen LogP contribution in [-0.2, 0) is 19.7 Å². The smallest absolute Gasteiger partial charge is 0.282 e. The number of morpholine rings is 1. The van der Waals surface area contributed by atoms with Crippen LogP contribution in [0.25, 0.3) is 0 Å². The van der Waals surface area contributed by atoms with Crippen LogP contribution in [0.4, 0.5) is 23.2 Å². The van der Waals surface area contributed by atoms with E-state index >= 15 is 0 Å². The number of nitrogens with one attached hydrogen (secondary N) is 1. The summed E-state index contributed by atoms with van der Waals surface area (Å²) in [7, 11) is -3.82. The van der Waals surface area contributed by atoms with E-state index in [4.69, 9.17) is 4.74 Å². The average molecular weight is 425 g/mol. The molecule has 0 unspecified atom stereocenters. The maximum atomic E-state index is 13.8. The summed E-state index contributed by atoms with van der Waals surface area (Å²) in [6.07, 6.45) is 0.617. The van der Waals surface area contributed by atoms with Crippen LogP contribution in [0.1, 0.15) is 12.8 Å². The van der Waals surface area contributed by atoms with Crippen molar-refractivity contribution in [1.29, 1.82) is 0 Å². The fourth-order valence-electron chi connectivity index (χ4n) is 3.21. The lowest BCUT2D eigenvalue weighted by Gasteiger charge is -2.36. The number of piperidine rings is 1. The summed E-state index contributed by atoms with van der Waals surface area (Å²) in [4.78, 5) is 12.4. The van der Waals surface area contributed by atoms with E-state index in [9.17, 15) is 30.8 Å². The van der Waals surface area contributed by atoms with Gasteiger partial charge in [0.2, 0.25) is 5.91 Å². The highest BCUT2D eigenvalue weighted by molar-refractivity contribution is 7.86. The first-order valence-electron chi connectivity index (χ1n) is 8.68. The Kier molecular flexibility index (Phi) is 6.22. The molecule has 0 aromatic heterocycles. The normalized spacial score (nSPS) is 22.2. The van der Waals surface area contributed by atoms with Gasteiger partial charge in [0.25, 0.3) is 10.2 Å². The Morgan fingerprint density at radius 2 is 1.64 bits per heavy atom. The number of rotatable bonds is 4. The molecule has 0 spiro atoms. The highest BCUT2D eigenvalue weighted by Gasteiger charge is 2.37. The molecule has 2 fully saturated rings. The lowest BCUT2D eigenvalue weighted by atomic mass is 9.98. The Balaban J connectivity index is 1.73. The van der Waals surface area contributed by atoms with Gasteiger partial charge in [0.15, 0.2) is 23.3 Å². The summed E-state index contributed by atoms with van der Waals surface area (Å²) in [6, 6.07) is 0.0393. The lowest BCUT2D eigenvalue weighted by molar-refractivity contribution is -0.121. The lowest BCUT2D eigenvalue weighted by Crippen LogP contribution is -2.52. The molecule has 2 saturated heterocycles. The monoisotopic (exact) mass is 425 g/mol. The first-order chi connectivity index (χ1) is 13.2. The number of amides is 1. The third-order valence-corrected chi connectivity index (χ3v) is 6.74. The summed E-state index contributed by atoms with van der Waals surface area (Å²) in [5.41, 5.74) is -1.23. The maximum Gasteiger partial charge on any atom is 0.282 e. The van der Waals surface area contributed by atoms with Crippen LogP contribution in [0.3, 0.4) is 0 Å². The Morgan fingerprint density at radius 3 is 2.25 bits per heavy atom. The van der Waals surface area contributed by atoms with Crippen molar-refractivity contribution < 1.29 is 35.5 Å². The summed E-state index contributed by atoms with van der Waals surface area (Å²) < 4.78 is 87.0. The highest BCUT2D eigenvalue weighted by Crippen LogP contribution is 2.27. The first kappa shape index (κ1) is 21.0. The van der Waals surface area contributed by atoms with Crippen molar-refractivity contribution in [1.82, 2.24) is 8.61 Å². The topological polar surface area (TPSA) is 79.0 Å². The van der Waals surface area contributed by atoms with Crippen LogP contribution in [0.15, 0.2) is 6.07 Å². The molecule has 12 heteroatoms. The van der Waals surface area contributed by atoms with Crippen LogP contribution >= 0.6 is 0 Å². The van der Waals surface area contributed by atoms with E-state index in [1.165, 1.54) is 4.31 Å². The van der Waals surface area contributed by atoms with Gasteiger partial charge in [-0.1, -0.05) is 0 Å². The van der Waals surface area contributed by atoms with Crippen molar-refractivity contribution in [2.75, 3.05) is 44.7 Å². The number of hydrogen-bond donors (Lipinski definition) is 1. The number of benzene rings is 1. The van der Waals surface area contributed by atoms with Crippen LogP contribution < -0.4 is 5.32 Å². The number of carbonyl (C=O) groups is 1. The largest absolute Gasteiger partial charge is 0.379 e. The van der Waals surface area contributed by atoms with Crippen molar-refractivity contribution in [2.45, 2.75) is 12.8 Å². The highest BCUT2D eigenvalue weighted by atomic mass is 32.2. The number of hydrogen-bond acceptors (Lipinski definition) is 4. The quantitative estimate of drug-likeness (QED) is 0.586. The van der Waals surface area contributed by atoms with Crippen molar-refractivity contribution >= 4 is 21.8 Å².